The van der Waals surface area contributed by atoms with E-state index in [4.69, 9.17) is 0 Å². The standard InChI is InChI=1S/C16H23NO/c1-12-5-4-6-15(10-12)17(3)16-8-7-13(2)9-14(16)11-18/h7-9,11-12,15H,4-6,10H2,1-3H3. The summed E-state index contributed by atoms with van der Waals surface area (Å²) >= 11 is 0. The van der Waals surface area contributed by atoms with Crippen LogP contribution in [0.3, 0.4) is 0 Å². The molecule has 1 fully saturated rings. The van der Waals surface area contributed by atoms with E-state index in [-0.39, 0.29) is 0 Å². The van der Waals surface area contributed by atoms with Gasteiger partial charge in [0.2, 0.25) is 0 Å². The van der Waals surface area contributed by atoms with Crippen molar-refractivity contribution >= 4 is 12.0 Å². The number of hydrogen-bond acceptors (Lipinski definition) is 2. The highest BCUT2D eigenvalue weighted by Gasteiger charge is 2.23. The third kappa shape index (κ3) is 2.74. The lowest BCUT2D eigenvalue weighted by atomic mass is 9.86. The van der Waals surface area contributed by atoms with E-state index >= 15 is 0 Å². The molecule has 1 aliphatic carbocycles. The van der Waals surface area contributed by atoms with E-state index in [2.05, 4.69) is 31.0 Å². The van der Waals surface area contributed by atoms with E-state index in [1.54, 1.807) is 0 Å². The number of benzene rings is 1. The van der Waals surface area contributed by atoms with E-state index in [1.807, 2.05) is 13.0 Å². The highest BCUT2D eigenvalue weighted by Crippen LogP contribution is 2.31. The zero-order valence-corrected chi connectivity index (χ0v) is 11.6. The van der Waals surface area contributed by atoms with E-state index in [0.29, 0.717) is 6.04 Å². The van der Waals surface area contributed by atoms with Crippen molar-refractivity contribution in [3.05, 3.63) is 29.3 Å². The van der Waals surface area contributed by atoms with E-state index in [0.717, 1.165) is 29.0 Å². The normalized spacial score (nSPS) is 23.7. The molecule has 0 amide bonds. The molecule has 18 heavy (non-hydrogen) atoms. The number of carbonyl (C=O) groups excluding carboxylic acids is 1. The number of aldehydes is 1. The van der Waals surface area contributed by atoms with Crippen molar-refractivity contribution in [1.29, 1.82) is 0 Å². The number of rotatable bonds is 3. The van der Waals surface area contributed by atoms with Crippen molar-refractivity contribution in [2.75, 3.05) is 11.9 Å². The van der Waals surface area contributed by atoms with E-state index in [1.165, 1.54) is 25.7 Å². The maximum Gasteiger partial charge on any atom is 0.152 e. The van der Waals surface area contributed by atoms with Crippen LogP contribution >= 0.6 is 0 Å². The molecule has 2 atom stereocenters. The van der Waals surface area contributed by atoms with Gasteiger partial charge >= 0.3 is 0 Å². The average Bonchev–Trinajstić information content (AvgIpc) is 2.37. The average molecular weight is 245 g/mol. The van der Waals surface area contributed by atoms with Crippen LogP contribution in [-0.2, 0) is 0 Å². The third-order valence-electron chi connectivity index (χ3n) is 4.15. The summed E-state index contributed by atoms with van der Waals surface area (Å²) in [6.07, 6.45) is 6.11. The quantitative estimate of drug-likeness (QED) is 0.754. The molecule has 1 saturated carbocycles. The Kier molecular flexibility index (Phi) is 4.05. The molecule has 0 N–H and O–H groups in total. The molecule has 0 radical (unpaired) electrons. The fourth-order valence-corrected chi connectivity index (χ4v) is 3.04. The molecule has 0 bridgehead atoms. The van der Waals surface area contributed by atoms with Crippen molar-refractivity contribution in [2.24, 2.45) is 5.92 Å². The first-order valence-corrected chi connectivity index (χ1v) is 6.90. The van der Waals surface area contributed by atoms with Gasteiger partial charge in [0.25, 0.3) is 0 Å². The minimum absolute atomic E-state index is 0.579. The summed E-state index contributed by atoms with van der Waals surface area (Å²) in [7, 11) is 2.13. The number of anilines is 1. The van der Waals surface area contributed by atoms with Gasteiger partial charge in [-0.3, -0.25) is 4.79 Å². The molecule has 1 aromatic rings. The Bertz CT molecular complexity index is 427. The lowest BCUT2D eigenvalue weighted by molar-refractivity contribution is 0.112. The van der Waals surface area contributed by atoms with Gasteiger partial charge < -0.3 is 4.90 Å². The fourth-order valence-electron chi connectivity index (χ4n) is 3.04. The van der Waals surface area contributed by atoms with Crippen LogP contribution in [0.2, 0.25) is 0 Å². The van der Waals surface area contributed by atoms with Gasteiger partial charge in [-0.1, -0.05) is 31.4 Å². The number of aryl methyl sites for hydroxylation is 1. The summed E-state index contributed by atoms with van der Waals surface area (Å²) in [5.41, 5.74) is 3.04. The monoisotopic (exact) mass is 245 g/mol. The van der Waals surface area contributed by atoms with Gasteiger partial charge in [-0.25, -0.2) is 0 Å². The lowest BCUT2D eigenvalue weighted by Gasteiger charge is -2.36. The lowest BCUT2D eigenvalue weighted by Crippen LogP contribution is -2.36. The van der Waals surface area contributed by atoms with E-state index in [9.17, 15) is 4.79 Å². The van der Waals surface area contributed by atoms with Crippen LogP contribution < -0.4 is 4.90 Å². The van der Waals surface area contributed by atoms with Crippen molar-refractivity contribution in [2.45, 2.75) is 45.6 Å². The molecular weight excluding hydrogens is 222 g/mol. The Hall–Kier alpha value is -1.31. The summed E-state index contributed by atoms with van der Waals surface area (Å²) in [5.74, 6) is 0.802. The molecule has 0 heterocycles. The van der Waals surface area contributed by atoms with Gasteiger partial charge in [0.1, 0.15) is 0 Å². The first kappa shape index (κ1) is 13.1. The Morgan fingerprint density at radius 1 is 1.33 bits per heavy atom. The maximum absolute atomic E-state index is 11.2. The van der Waals surface area contributed by atoms with Gasteiger partial charge in [-0.05, 0) is 37.8 Å². The Morgan fingerprint density at radius 3 is 2.78 bits per heavy atom. The van der Waals surface area contributed by atoms with Crippen LogP contribution in [0, 0.1) is 12.8 Å². The predicted molar refractivity (Wildman–Crippen MR) is 76.4 cm³/mol. The van der Waals surface area contributed by atoms with Crippen LogP contribution in [0.4, 0.5) is 5.69 Å². The largest absolute Gasteiger partial charge is 0.371 e. The summed E-state index contributed by atoms with van der Waals surface area (Å²) < 4.78 is 0. The fraction of sp³-hybridized carbons (Fsp3) is 0.562. The van der Waals surface area contributed by atoms with Gasteiger partial charge in [-0.2, -0.15) is 0 Å². The van der Waals surface area contributed by atoms with Crippen LogP contribution in [0.25, 0.3) is 0 Å². The Labute approximate surface area is 110 Å². The summed E-state index contributed by atoms with van der Waals surface area (Å²) in [4.78, 5) is 13.5. The Morgan fingerprint density at radius 2 is 2.11 bits per heavy atom. The highest BCUT2D eigenvalue weighted by atomic mass is 16.1. The second kappa shape index (κ2) is 5.55. The van der Waals surface area contributed by atoms with Crippen molar-refractivity contribution < 1.29 is 4.79 Å². The molecule has 2 nitrogen and oxygen atoms in total. The molecule has 1 aromatic carbocycles. The van der Waals surface area contributed by atoms with Crippen LogP contribution in [0.5, 0.6) is 0 Å². The van der Waals surface area contributed by atoms with Gasteiger partial charge in [0.15, 0.2) is 6.29 Å². The van der Waals surface area contributed by atoms with Crippen LogP contribution in [0.15, 0.2) is 18.2 Å². The number of hydrogen-bond donors (Lipinski definition) is 0. The molecule has 2 heteroatoms. The third-order valence-corrected chi connectivity index (χ3v) is 4.15. The first-order valence-electron chi connectivity index (χ1n) is 6.90. The minimum atomic E-state index is 0.579. The SMILES string of the molecule is Cc1ccc(N(C)C2CCCC(C)C2)c(C=O)c1. The van der Waals surface area contributed by atoms with Crippen molar-refractivity contribution in [3.8, 4) is 0 Å². The van der Waals surface area contributed by atoms with Gasteiger partial charge in [-0.15, -0.1) is 0 Å². The van der Waals surface area contributed by atoms with Crippen molar-refractivity contribution in [1.82, 2.24) is 0 Å². The zero-order valence-electron chi connectivity index (χ0n) is 11.6. The molecule has 0 spiro atoms. The van der Waals surface area contributed by atoms with E-state index < -0.39 is 0 Å². The first-order chi connectivity index (χ1) is 8.61. The molecule has 1 aliphatic rings. The van der Waals surface area contributed by atoms with Crippen LogP contribution in [0.1, 0.15) is 48.5 Å². The molecule has 2 rings (SSSR count). The minimum Gasteiger partial charge on any atom is -0.371 e. The maximum atomic E-state index is 11.2. The molecule has 2 unspecified atom stereocenters. The molecular formula is C16H23NO. The van der Waals surface area contributed by atoms with Crippen LogP contribution in [-0.4, -0.2) is 19.4 Å². The summed E-state index contributed by atoms with van der Waals surface area (Å²) in [6.45, 7) is 4.36. The second-order valence-electron chi connectivity index (χ2n) is 5.72. The zero-order chi connectivity index (χ0) is 13.1. The summed E-state index contributed by atoms with van der Waals surface area (Å²) in [6, 6.07) is 6.73. The number of carbonyl (C=O) groups is 1. The smallest absolute Gasteiger partial charge is 0.152 e. The molecule has 0 saturated heterocycles. The molecule has 98 valence electrons. The Balaban J connectivity index is 2.22. The predicted octanol–water partition coefficient (Wildman–Crippen LogP) is 3.82. The molecule has 0 aliphatic heterocycles. The van der Waals surface area contributed by atoms with Gasteiger partial charge in [0, 0.05) is 24.3 Å². The number of nitrogens with zero attached hydrogens (tertiary/aromatic N) is 1. The highest BCUT2D eigenvalue weighted by molar-refractivity contribution is 5.85. The van der Waals surface area contributed by atoms with Gasteiger partial charge in [0.05, 0.1) is 0 Å². The second-order valence-corrected chi connectivity index (χ2v) is 5.72. The van der Waals surface area contributed by atoms with Crippen molar-refractivity contribution in [3.63, 3.8) is 0 Å². The molecule has 0 aromatic heterocycles. The topological polar surface area (TPSA) is 20.3 Å². The summed E-state index contributed by atoms with van der Waals surface area (Å²) in [5, 5.41) is 0.